The lowest BCUT2D eigenvalue weighted by Gasteiger charge is -2.14. The minimum Gasteiger partial charge on any atom is -0.370 e. The molecule has 0 aliphatic heterocycles. The lowest BCUT2D eigenvalue weighted by Crippen LogP contribution is -2.08. The van der Waals surface area contributed by atoms with Gasteiger partial charge in [0.05, 0.1) is 5.69 Å². The van der Waals surface area contributed by atoms with Crippen molar-refractivity contribution in [1.82, 2.24) is 15.0 Å². The molecule has 4 nitrogen and oxygen atoms in total. The van der Waals surface area contributed by atoms with E-state index >= 15 is 0 Å². The molecule has 0 saturated heterocycles. The van der Waals surface area contributed by atoms with E-state index in [1.54, 1.807) is 12.4 Å². The number of aromatic nitrogens is 3. The van der Waals surface area contributed by atoms with Crippen molar-refractivity contribution in [3.63, 3.8) is 0 Å². The highest BCUT2D eigenvalue weighted by molar-refractivity contribution is 5.67. The van der Waals surface area contributed by atoms with Crippen molar-refractivity contribution in [1.29, 1.82) is 0 Å². The molecule has 0 saturated carbocycles. The van der Waals surface area contributed by atoms with Crippen molar-refractivity contribution in [3.8, 4) is 11.3 Å². The van der Waals surface area contributed by atoms with E-state index in [2.05, 4.69) is 43.0 Å². The molecule has 2 rings (SSSR count). The van der Waals surface area contributed by atoms with Crippen molar-refractivity contribution in [2.24, 2.45) is 0 Å². The van der Waals surface area contributed by atoms with E-state index in [9.17, 15) is 0 Å². The molecule has 0 amide bonds. The second kappa shape index (κ2) is 5.78. The maximum absolute atomic E-state index is 4.71. The first-order chi connectivity index (χ1) is 9.13. The summed E-state index contributed by atoms with van der Waals surface area (Å²) < 4.78 is 0. The molecule has 0 aliphatic rings. The van der Waals surface area contributed by atoms with Crippen molar-refractivity contribution >= 4 is 5.82 Å². The summed E-state index contributed by atoms with van der Waals surface area (Å²) in [5.41, 5.74) is 3.14. The summed E-state index contributed by atoms with van der Waals surface area (Å²) in [7, 11) is 0. The van der Waals surface area contributed by atoms with Gasteiger partial charge in [-0.1, -0.05) is 13.8 Å². The van der Waals surface area contributed by atoms with Gasteiger partial charge in [-0.3, -0.25) is 4.98 Å². The number of nitrogens with zero attached hydrogens (tertiary/aromatic N) is 3. The highest BCUT2D eigenvalue weighted by Crippen LogP contribution is 2.27. The topological polar surface area (TPSA) is 50.7 Å². The lowest BCUT2D eigenvalue weighted by molar-refractivity contribution is 0.774. The zero-order valence-corrected chi connectivity index (χ0v) is 11.9. The summed E-state index contributed by atoms with van der Waals surface area (Å²) >= 11 is 0. The third-order valence-corrected chi connectivity index (χ3v) is 2.98. The molecule has 0 fully saturated rings. The average molecular weight is 256 g/mol. The second-order valence-corrected chi connectivity index (χ2v) is 4.82. The van der Waals surface area contributed by atoms with Crippen molar-refractivity contribution in [2.75, 3.05) is 11.9 Å². The number of anilines is 1. The van der Waals surface area contributed by atoms with Gasteiger partial charge in [0.25, 0.3) is 0 Å². The van der Waals surface area contributed by atoms with Crippen molar-refractivity contribution in [2.45, 2.75) is 33.6 Å². The van der Waals surface area contributed by atoms with E-state index in [-0.39, 0.29) is 0 Å². The van der Waals surface area contributed by atoms with Crippen molar-refractivity contribution < 1.29 is 0 Å². The van der Waals surface area contributed by atoms with E-state index in [1.165, 1.54) is 0 Å². The largest absolute Gasteiger partial charge is 0.370 e. The Balaban J connectivity index is 2.59. The number of pyridine rings is 1. The quantitative estimate of drug-likeness (QED) is 0.910. The van der Waals surface area contributed by atoms with Crippen LogP contribution in [0, 0.1) is 6.92 Å². The van der Waals surface area contributed by atoms with Crippen LogP contribution in [0.25, 0.3) is 11.3 Å². The molecule has 0 atom stereocenters. The molecule has 0 unspecified atom stereocenters. The molecule has 2 aromatic heterocycles. The minimum atomic E-state index is 0.304. The SMILES string of the molecule is CCNc1nc(C(C)C)nc(-c2ccncc2)c1C. The molecule has 1 N–H and O–H groups in total. The van der Waals surface area contributed by atoms with Gasteiger partial charge in [-0.2, -0.15) is 0 Å². The predicted octanol–water partition coefficient (Wildman–Crippen LogP) is 3.40. The monoisotopic (exact) mass is 256 g/mol. The third-order valence-electron chi connectivity index (χ3n) is 2.98. The van der Waals surface area contributed by atoms with Crippen LogP contribution in [0.3, 0.4) is 0 Å². The molecular weight excluding hydrogens is 236 g/mol. The van der Waals surface area contributed by atoms with Gasteiger partial charge in [0, 0.05) is 36.0 Å². The molecule has 0 radical (unpaired) electrons. The standard InChI is InChI=1S/C15H20N4/c1-5-17-15-11(4)13(12-6-8-16-9-7-12)18-14(19-15)10(2)3/h6-10H,5H2,1-4H3,(H,17,18,19). The van der Waals surface area contributed by atoms with Crippen LogP contribution >= 0.6 is 0 Å². The van der Waals surface area contributed by atoms with Crippen LogP contribution in [0.5, 0.6) is 0 Å². The summed E-state index contributed by atoms with van der Waals surface area (Å²) in [6.07, 6.45) is 3.58. The Hall–Kier alpha value is -1.97. The van der Waals surface area contributed by atoms with Crippen LogP contribution < -0.4 is 5.32 Å². The van der Waals surface area contributed by atoms with E-state index < -0.39 is 0 Å². The zero-order chi connectivity index (χ0) is 13.8. The highest BCUT2D eigenvalue weighted by atomic mass is 15.0. The highest BCUT2D eigenvalue weighted by Gasteiger charge is 2.13. The lowest BCUT2D eigenvalue weighted by atomic mass is 10.1. The van der Waals surface area contributed by atoms with Crippen molar-refractivity contribution in [3.05, 3.63) is 35.9 Å². The fraction of sp³-hybridized carbons (Fsp3) is 0.400. The molecule has 19 heavy (non-hydrogen) atoms. The average Bonchev–Trinajstić information content (AvgIpc) is 2.42. The Bertz CT molecular complexity index is 550. The predicted molar refractivity (Wildman–Crippen MR) is 78.3 cm³/mol. The van der Waals surface area contributed by atoms with Gasteiger partial charge < -0.3 is 5.32 Å². The van der Waals surface area contributed by atoms with Crippen LogP contribution in [0.4, 0.5) is 5.82 Å². The Morgan fingerprint density at radius 2 is 1.84 bits per heavy atom. The van der Waals surface area contributed by atoms with E-state index in [0.29, 0.717) is 5.92 Å². The van der Waals surface area contributed by atoms with E-state index in [1.807, 2.05) is 12.1 Å². The molecule has 0 spiro atoms. The number of hydrogen-bond donors (Lipinski definition) is 1. The Morgan fingerprint density at radius 1 is 1.16 bits per heavy atom. The van der Waals surface area contributed by atoms with Gasteiger partial charge in [0.1, 0.15) is 11.6 Å². The second-order valence-electron chi connectivity index (χ2n) is 4.82. The first-order valence-corrected chi connectivity index (χ1v) is 6.66. The smallest absolute Gasteiger partial charge is 0.133 e. The van der Waals surface area contributed by atoms with Gasteiger partial charge in [-0.15, -0.1) is 0 Å². The minimum absolute atomic E-state index is 0.304. The Labute approximate surface area is 114 Å². The van der Waals surface area contributed by atoms with Gasteiger partial charge in [-0.05, 0) is 26.0 Å². The van der Waals surface area contributed by atoms with Gasteiger partial charge in [0.2, 0.25) is 0 Å². The maximum Gasteiger partial charge on any atom is 0.133 e. The fourth-order valence-corrected chi connectivity index (χ4v) is 1.92. The third kappa shape index (κ3) is 2.89. The molecule has 100 valence electrons. The number of rotatable bonds is 4. The summed E-state index contributed by atoms with van der Waals surface area (Å²) in [4.78, 5) is 13.4. The van der Waals surface area contributed by atoms with Crippen LogP contribution in [0.2, 0.25) is 0 Å². The molecular formula is C15H20N4. The normalized spacial score (nSPS) is 10.8. The molecule has 0 aromatic carbocycles. The van der Waals surface area contributed by atoms with E-state index in [4.69, 9.17) is 4.98 Å². The molecule has 0 aliphatic carbocycles. The van der Waals surface area contributed by atoms with Crippen LogP contribution in [-0.4, -0.2) is 21.5 Å². The zero-order valence-electron chi connectivity index (χ0n) is 11.9. The summed E-state index contributed by atoms with van der Waals surface area (Å²) in [6.45, 7) is 9.19. The first kappa shape index (κ1) is 13.5. The van der Waals surface area contributed by atoms with Gasteiger partial charge in [0.15, 0.2) is 0 Å². The first-order valence-electron chi connectivity index (χ1n) is 6.66. The number of nitrogens with one attached hydrogen (secondary N) is 1. The Kier molecular flexibility index (Phi) is 4.10. The fourth-order valence-electron chi connectivity index (χ4n) is 1.92. The molecule has 2 aromatic rings. The summed E-state index contributed by atoms with van der Waals surface area (Å²) in [6, 6.07) is 3.96. The van der Waals surface area contributed by atoms with Crippen LogP contribution in [0.15, 0.2) is 24.5 Å². The van der Waals surface area contributed by atoms with Gasteiger partial charge in [-0.25, -0.2) is 9.97 Å². The summed E-state index contributed by atoms with van der Waals surface area (Å²) in [5.74, 6) is 2.10. The van der Waals surface area contributed by atoms with Gasteiger partial charge >= 0.3 is 0 Å². The Morgan fingerprint density at radius 3 is 2.42 bits per heavy atom. The van der Waals surface area contributed by atoms with E-state index in [0.717, 1.165) is 35.0 Å². The number of hydrogen-bond acceptors (Lipinski definition) is 4. The van der Waals surface area contributed by atoms with Crippen LogP contribution in [0.1, 0.15) is 38.1 Å². The van der Waals surface area contributed by atoms with Crippen LogP contribution in [-0.2, 0) is 0 Å². The molecule has 2 heterocycles. The summed E-state index contributed by atoms with van der Waals surface area (Å²) in [5, 5.41) is 3.31. The molecule has 0 bridgehead atoms. The molecule has 4 heteroatoms. The maximum atomic E-state index is 4.71.